The molecule has 0 saturated carbocycles. The Kier molecular flexibility index (Phi) is 8.96. The number of aryl methyl sites for hydroxylation is 2. The van der Waals surface area contributed by atoms with Gasteiger partial charge in [0.15, 0.2) is 0 Å². The van der Waals surface area contributed by atoms with Gasteiger partial charge in [0.05, 0.1) is 38.0 Å². The number of esters is 1. The van der Waals surface area contributed by atoms with Crippen molar-refractivity contribution in [3.8, 4) is 5.75 Å². The molecule has 10 nitrogen and oxygen atoms in total. The van der Waals surface area contributed by atoms with Crippen LogP contribution in [0.15, 0.2) is 53.6 Å². The summed E-state index contributed by atoms with van der Waals surface area (Å²) in [4.78, 5) is 13.0. The molecule has 0 unspecified atom stereocenters. The van der Waals surface area contributed by atoms with Gasteiger partial charge in [0.25, 0.3) is 0 Å². The minimum absolute atomic E-state index is 0.140. The number of hydrogen-bond acceptors (Lipinski definition) is 8. The number of aromatic nitrogens is 3. The highest BCUT2D eigenvalue weighted by Gasteiger charge is 2.41. The number of benzene rings is 2. The average molecular weight is 571 g/mol. The summed E-state index contributed by atoms with van der Waals surface area (Å²) in [6.45, 7) is 10.6. The molecule has 40 heavy (non-hydrogen) atoms. The zero-order chi connectivity index (χ0) is 29.1. The normalized spacial score (nSPS) is 17.9. The van der Waals surface area contributed by atoms with Crippen molar-refractivity contribution in [3.05, 3.63) is 71.0 Å². The molecule has 0 aliphatic carbocycles. The number of methoxy groups -OCH3 is 1. The Bertz CT molecular complexity index is 1450. The van der Waals surface area contributed by atoms with Crippen molar-refractivity contribution in [3.63, 3.8) is 0 Å². The molecular formula is C29H38N4O6S. The maximum atomic E-state index is 13.7. The fraction of sp³-hybridized carbons (Fsp3) is 0.483. The number of sulfonamides is 1. The second kappa shape index (κ2) is 12.1. The Labute approximate surface area is 236 Å². The number of para-hydroxylation sites is 1. The van der Waals surface area contributed by atoms with Crippen molar-refractivity contribution in [2.45, 2.75) is 77.8 Å². The van der Waals surface area contributed by atoms with Gasteiger partial charge in [0.1, 0.15) is 22.4 Å². The predicted octanol–water partition coefficient (Wildman–Crippen LogP) is 4.43. The van der Waals surface area contributed by atoms with Crippen LogP contribution in [0.2, 0.25) is 0 Å². The van der Waals surface area contributed by atoms with Gasteiger partial charge >= 0.3 is 5.97 Å². The largest absolute Gasteiger partial charge is 0.488 e. The van der Waals surface area contributed by atoms with E-state index in [4.69, 9.17) is 14.2 Å². The number of carbonyl (C=O) groups excluding carboxylic acids is 1. The Morgan fingerprint density at radius 3 is 2.62 bits per heavy atom. The third kappa shape index (κ3) is 6.06. The second-order valence-corrected chi connectivity index (χ2v) is 12.5. The first kappa shape index (κ1) is 29.7. The Morgan fingerprint density at radius 1 is 1.20 bits per heavy atom. The molecule has 1 aliphatic heterocycles. The molecule has 11 heteroatoms. The highest BCUT2D eigenvalue weighted by Crippen LogP contribution is 2.40. The fourth-order valence-electron chi connectivity index (χ4n) is 4.84. The molecule has 0 fully saturated rings. The Hall–Kier alpha value is -3.28. The maximum Gasteiger partial charge on any atom is 0.314 e. The summed E-state index contributed by atoms with van der Waals surface area (Å²) < 4.78 is 48.2. The molecule has 0 radical (unpaired) electrons. The first-order valence-corrected chi connectivity index (χ1v) is 14.9. The quantitative estimate of drug-likeness (QED) is 0.329. The third-order valence-electron chi connectivity index (χ3n) is 7.32. The predicted molar refractivity (Wildman–Crippen MR) is 149 cm³/mol. The molecule has 4 rings (SSSR count). The van der Waals surface area contributed by atoms with Gasteiger partial charge in [0, 0.05) is 13.1 Å². The number of hydrogen-bond donors (Lipinski definition) is 0. The van der Waals surface area contributed by atoms with E-state index in [1.54, 1.807) is 49.0 Å². The zero-order valence-electron chi connectivity index (χ0n) is 24.0. The summed E-state index contributed by atoms with van der Waals surface area (Å²) in [7, 11) is -2.47. The molecule has 2 heterocycles. The standard InChI is InChI=1S/C29H38N4O6S/c1-7-24-18-33(40(35,36)26-12-10-9-11-25(26)39-24)16-22-15-21(14-13-20(22)3)27(29(4,5)28(34)37-6)38-19-23-17-32(8-2)31-30-23/h9-15,17,24,27H,7-8,16,18-19H2,1-6H3/t24-,27-/m1/s1. The van der Waals surface area contributed by atoms with Gasteiger partial charge in [-0.05, 0) is 62.9 Å². The van der Waals surface area contributed by atoms with Crippen LogP contribution < -0.4 is 4.74 Å². The van der Waals surface area contributed by atoms with Gasteiger partial charge in [-0.1, -0.05) is 42.5 Å². The van der Waals surface area contributed by atoms with Crippen LogP contribution in [0.1, 0.15) is 62.6 Å². The van der Waals surface area contributed by atoms with Crippen LogP contribution in [0.25, 0.3) is 0 Å². The van der Waals surface area contributed by atoms with Crippen molar-refractivity contribution in [1.82, 2.24) is 19.3 Å². The van der Waals surface area contributed by atoms with Crippen molar-refractivity contribution in [1.29, 1.82) is 0 Å². The topological polar surface area (TPSA) is 113 Å². The number of carbonyl (C=O) groups is 1. The number of ether oxygens (including phenoxy) is 3. The highest BCUT2D eigenvalue weighted by molar-refractivity contribution is 7.89. The molecule has 0 N–H and O–H groups in total. The van der Waals surface area contributed by atoms with Gasteiger partial charge < -0.3 is 14.2 Å². The molecule has 0 amide bonds. The zero-order valence-corrected chi connectivity index (χ0v) is 24.8. The van der Waals surface area contributed by atoms with E-state index in [1.165, 1.54) is 11.4 Å². The minimum atomic E-state index is -3.82. The maximum absolute atomic E-state index is 13.7. The van der Waals surface area contributed by atoms with Crippen LogP contribution >= 0.6 is 0 Å². The summed E-state index contributed by atoms with van der Waals surface area (Å²) in [5.74, 6) is -0.0536. The number of fused-ring (bicyclic) bond motifs is 1. The van der Waals surface area contributed by atoms with Crippen LogP contribution in [0, 0.1) is 12.3 Å². The van der Waals surface area contributed by atoms with Crippen LogP contribution in [-0.2, 0) is 44.0 Å². The van der Waals surface area contributed by atoms with Crippen molar-refractivity contribution in [2.75, 3.05) is 13.7 Å². The van der Waals surface area contributed by atoms with E-state index >= 15 is 0 Å². The molecule has 1 aliphatic rings. The van der Waals surface area contributed by atoms with Crippen LogP contribution in [0.4, 0.5) is 0 Å². The Morgan fingerprint density at radius 2 is 1.95 bits per heavy atom. The van der Waals surface area contributed by atoms with E-state index < -0.39 is 27.5 Å². The lowest BCUT2D eigenvalue weighted by Crippen LogP contribution is -2.37. The van der Waals surface area contributed by atoms with E-state index in [-0.39, 0.29) is 30.7 Å². The summed E-state index contributed by atoms with van der Waals surface area (Å²) in [6.07, 6.45) is 1.48. The Balaban J connectivity index is 1.69. The van der Waals surface area contributed by atoms with Crippen molar-refractivity contribution >= 4 is 16.0 Å². The molecule has 216 valence electrons. The lowest BCUT2D eigenvalue weighted by atomic mass is 9.81. The summed E-state index contributed by atoms with van der Waals surface area (Å²) in [5.41, 5.74) is 2.05. The monoisotopic (exact) mass is 570 g/mol. The number of rotatable bonds is 10. The van der Waals surface area contributed by atoms with E-state index in [1.807, 2.05) is 39.0 Å². The summed E-state index contributed by atoms with van der Waals surface area (Å²) in [6, 6.07) is 12.5. The lowest BCUT2D eigenvalue weighted by molar-refractivity contribution is -0.162. The van der Waals surface area contributed by atoms with Crippen LogP contribution in [0.3, 0.4) is 0 Å². The van der Waals surface area contributed by atoms with Gasteiger partial charge in [0.2, 0.25) is 10.0 Å². The van der Waals surface area contributed by atoms with Crippen molar-refractivity contribution in [2.24, 2.45) is 5.41 Å². The fourth-order valence-corrected chi connectivity index (χ4v) is 6.41. The van der Waals surface area contributed by atoms with Gasteiger partial charge in [-0.25, -0.2) is 8.42 Å². The second-order valence-electron chi connectivity index (χ2n) is 10.5. The summed E-state index contributed by atoms with van der Waals surface area (Å²) >= 11 is 0. The molecule has 2 atom stereocenters. The first-order chi connectivity index (χ1) is 19.0. The summed E-state index contributed by atoms with van der Waals surface area (Å²) in [5, 5.41) is 8.22. The molecule has 0 spiro atoms. The van der Waals surface area contributed by atoms with Gasteiger partial charge in [-0.3, -0.25) is 9.48 Å². The van der Waals surface area contributed by atoms with E-state index in [0.29, 0.717) is 24.4 Å². The van der Waals surface area contributed by atoms with Gasteiger partial charge in [-0.15, -0.1) is 5.10 Å². The van der Waals surface area contributed by atoms with E-state index in [0.717, 1.165) is 16.7 Å². The van der Waals surface area contributed by atoms with Gasteiger partial charge in [-0.2, -0.15) is 4.31 Å². The molecule has 2 aromatic carbocycles. The lowest BCUT2D eigenvalue weighted by Gasteiger charge is -2.32. The minimum Gasteiger partial charge on any atom is -0.488 e. The van der Waals surface area contributed by atoms with E-state index in [2.05, 4.69) is 10.3 Å². The smallest absolute Gasteiger partial charge is 0.314 e. The highest BCUT2D eigenvalue weighted by atomic mass is 32.2. The molecule has 3 aromatic rings. The van der Waals surface area contributed by atoms with Crippen molar-refractivity contribution < 1.29 is 27.4 Å². The van der Waals surface area contributed by atoms with Crippen LogP contribution in [-0.4, -0.2) is 53.4 Å². The SMILES string of the molecule is CC[C@@H]1CN(Cc2cc([C@@H](OCc3cn(CC)nn3)C(C)(C)C(=O)OC)ccc2C)S(=O)(=O)c2ccccc2O1. The molecule has 1 aromatic heterocycles. The third-order valence-corrected chi connectivity index (χ3v) is 9.17. The molecular weight excluding hydrogens is 532 g/mol. The average Bonchev–Trinajstić information content (AvgIpc) is 3.37. The van der Waals surface area contributed by atoms with E-state index in [9.17, 15) is 13.2 Å². The first-order valence-electron chi connectivity index (χ1n) is 13.5. The molecule has 0 bridgehead atoms. The van der Waals surface area contributed by atoms with Crippen LogP contribution in [0.5, 0.6) is 5.75 Å². The molecule has 0 saturated heterocycles. The number of nitrogens with zero attached hydrogens (tertiary/aromatic N) is 4.